The maximum absolute atomic E-state index is 12.8. The van der Waals surface area contributed by atoms with Crippen LogP contribution in [0.25, 0.3) is 33.1 Å². The fourth-order valence-electron chi connectivity index (χ4n) is 4.59. The van der Waals surface area contributed by atoms with Gasteiger partial charge in [0.25, 0.3) is 0 Å². The quantitative estimate of drug-likeness (QED) is 0.327. The van der Waals surface area contributed by atoms with Crippen molar-refractivity contribution in [2.24, 2.45) is 0 Å². The van der Waals surface area contributed by atoms with E-state index < -0.39 is 23.5 Å². The smallest absolute Gasteiger partial charge is 0.339 e. The van der Waals surface area contributed by atoms with E-state index in [1.165, 1.54) is 0 Å². The van der Waals surface area contributed by atoms with E-state index in [1.807, 2.05) is 49.4 Å². The minimum atomic E-state index is -1.36. The molecule has 0 radical (unpaired) electrons. The molecule has 5 rings (SSSR count). The van der Waals surface area contributed by atoms with Crippen molar-refractivity contribution in [2.45, 2.75) is 32.2 Å². The highest BCUT2D eigenvalue weighted by Gasteiger charge is 2.18. The Morgan fingerprint density at radius 2 is 1.65 bits per heavy atom. The zero-order valence-corrected chi connectivity index (χ0v) is 20.2. The Bertz CT molecular complexity index is 1650. The van der Waals surface area contributed by atoms with Gasteiger partial charge in [0.1, 0.15) is 11.2 Å². The molecule has 2 heterocycles. The van der Waals surface area contributed by atoms with Crippen molar-refractivity contribution in [1.82, 2.24) is 5.32 Å². The molecule has 0 aliphatic heterocycles. The molecule has 1 atom stereocenters. The molecular weight excluding hydrogens is 470 g/mol. The number of carboxylic acids is 1. The van der Waals surface area contributed by atoms with E-state index in [1.54, 1.807) is 36.6 Å². The van der Waals surface area contributed by atoms with E-state index in [2.05, 4.69) is 5.32 Å². The first-order valence-corrected chi connectivity index (χ1v) is 12.0. The second kappa shape index (κ2) is 10.1. The van der Waals surface area contributed by atoms with Crippen LogP contribution in [0, 0.1) is 6.92 Å². The summed E-state index contributed by atoms with van der Waals surface area (Å²) in [6.07, 6.45) is 1.83. The standard InChI is InChI=1S/C30H25NO6/c1-18-21(12-13-28(32)31-25(29(33)34)14-19-8-4-2-5-9-19)30(35)37-27-16-26-23(15-22(18)27)24(17-36-26)20-10-6-3-7-11-20/h2-11,15-17,25H,12-14H2,1H3,(H,31,32)(H,33,34)/p-1/t25-/m0/s1. The number of carbonyl (C=O) groups is 2. The Hall–Kier alpha value is -4.65. The van der Waals surface area contributed by atoms with E-state index >= 15 is 0 Å². The largest absolute Gasteiger partial charge is 0.548 e. The predicted octanol–water partition coefficient (Wildman–Crippen LogP) is 3.92. The van der Waals surface area contributed by atoms with Crippen LogP contribution in [-0.4, -0.2) is 17.9 Å². The molecule has 1 amide bonds. The van der Waals surface area contributed by atoms with Gasteiger partial charge in [-0.3, -0.25) is 4.79 Å². The summed E-state index contributed by atoms with van der Waals surface area (Å²) in [5, 5.41) is 15.7. The van der Waals surface area contributed by atoms with Crippen LogP contribution in [0.3, 0.4) is 0 Å². The first-order chi connectivity index (χ1) is 17.9. The summed E-state index contributed by atoms with van der Waals surface area (Å²) in [7, 11) is 0. The van der Waals surface area contributed by atoms with Crippen LogP contribution in [0.5, 0.6) is 0 Å². The molecule has 7 heteroatoms. The second-order valence-electron chi connectivity index (χ2n) is 8.98. The van der Waals surface area contributed by atoms with Gasteiger partial charge >= 0.3 is 5.63 Å². The maximum atomic E-state index is 12.8. The lowest BCUT2D eigenvalue weighted by Crippen LogP contribution is -2.49. The van der Waals surface area contributed by atoms with Crippen LogP contribution in [0.15, 0.2) is 92.7 Å². The first-order valence-electron chi connectivity index (χ1n) is 12.0. The van der Waals surface area contributed by atoms with Crippen molar-refractivity contribution in [3.8, 4) is 11.1 Å². The second-order valence-corrected chi connectivity index (χ2v) is 8.98. The van der Waals surface area contributed by atoms with E-state index in [0.717, 1.165) is 27.5 Å². The number of benzene rings is 3. The fourth-order valence-corrected chi connectivity index (χ4v) is 4.59. The molecule has 0 saturated heterocycles. The van der Waals surface area contributed by atoms with Gasteiger partial charge in [0.15, 0.2) is 0 Å². The molecule has 5 aromatic rings. The third-order valence-electron chi connectivity index (χ3n) is 6.57. The lowest BCUT2D eigenvalue weighted by molar-refractivity contribution is -0.308. The molecule has 0 unspecified atom stereocenters. The fraction of sp³-hybridized carbons (Fsp3) is 0.167. The molecule has 3 aromatic carbocycles. The van der Waals surface area contributed by atoms with Crippen LogP contribution in [0.1, 0.15) is 23.1 Å². The van der Waals surface area contributed by atoms with E-state index in [4.69, 9.17) is 8.83 Å². The Balaban J connectivity index is 1.39. The summed E-state index contributed by atoms with van der Waals surface area (Å²) in [4.78, 5) is 37.0. The van der Waals surface area contributed by atoms with Crippen LogP contribution in [0.2, 0.25) is 0 Å². The van der Waals surface area contributed by atoms with E-state index in [0.29, 0.717) is 22.3 Å². The highest BCUT2D eigenvalue weighted by atomic mass is 16.4. The number of hydrogen-bond donors (Lipinski definition) is 1. The monoisotopic (exact) mass is 494 g/mol. The molecule has 2 aromatic heterocycles. The number of nitrogens with one attached hydrogen (secondary N) is 1. The number of amides is 1. The van der Waals surface area contributed by atoms with Crippen LogP contribution < -0.4 is 16.0 Å². The van der Waals surface area contributed by atoms with Crippen LogP contribution in [-0.2, 0) is 22.4 Å². The normalized spacial score (nSPS) is 12.0. The number of carbonyl (C=O) groups excluding carboxylic acids is 2. The molecule has 1 N–H and O–H groups in total. The SMILES string of the molecule is Cc1c(CCC(=O)N[C@@H](Cc2ccccc2)C(=O)[O-])c(=O)oc2cc3occ(-c4ccccc4)c3cc12. The maximum Gasteiger partial charge on any atom is 0.339 e. The van der Waals surface area contributed by atoms with Gasteiger partial charge < -0.3 is 24.1 Å². The summed E-state index contributed by atoms with van der Waals surface area (Å²) in [5.41, 5.74) is 4.25. The Morgan fingerprint density at radius 1 is 0.946 bits per heavy atom. The highest BCUT2D eigenvalue weighted by Crippen LogP contribution is 2.34. The summed E-state index contributed by atoms with van der Waals surface area (Å²) < 4.78 is 11.3. The van der Waals surface area contributed by atoms with Gasteiger partial charge in [0.2, 0.25) is 5.91 Å². The Kier molecular flexibility index (Phi) is 6.60. The Morgan fingerprint density at radius 3 is 2.35 bits per heavy atom. The van der Waals surface area contributed by atoms with Crippen molar-refractivity contribution in [3.05, 3.63) is 106 Å². The van der Waals surface area contributed by atoms with Crippen molar-refractivity contribution < 1.29 is 23.5 Å². The number of hydrogen-bond acceptors (Lipinski definition) is 6. The number of aliphatic carboxylic acids is 1. The molecule has 0 aliphatic carbocycles. The van der Waals surface area contributed by atoms with Gasteiger partial charge in [0, 0.05) is 34.4 Å². The third-order valence-corrected chi connectivity index (χ3v) is 6.57. The van der Waals surface area contributed by atoms with Crippen molar-refractivity contribution in [2.75, 3.05) is 0 Å². The zero-order valence-electron chi connectivity index (χ0n) is 20.2. The summed E-state index contributed by atoms with van der Waals surface area (Å²) in [6.45, 7) is 1.82. The molecule has 0 fully saturated rings. The van der Waals surface area contributed by atoms with Crippen LogP contribution in [0.4, 0.5) is 0 Å². The lowest BCUT2D eigenvalue weighted by Gasteiger charge is -2.20. The number of carboxylic acid groups (broad SMARTS) is 1. The molecule has 0 bridgehead atoms. The lowest BCUT2D eigenvalue weighted by atomic mass is 9.98. The van der Waals surface area contributed by atoms with Gasteiger partial charge in [-0.15, -0.1) is 0 Å². The van der Waals surface area contributed by atoms with Crippen LogP contribution >= 0.6 is 0 Å². The predicted molar refractivity (Wildman–Crippen MR) is 138 cm³/mol. The third kappa shape index (κ3) is 5.02. The number of furan rings is 1. The molecular formula is C30H24NO6-. The average Bonchev–Trinajstić information content (AvgIpc) is 3.31. The molecule has 0 saturated carbocycles. The molecule has 0 aliphatic rings. The minimum Gasteiger partial charge on any atom is -0.548 e. The van der Waals surface area contributed by atoms with Gasteiger partial charge in [0.05, 0.1) is 18.3 Å². The molecule has 7 nitrogen and oxygen atoms in total. The topological polar surface area (TPSA) is 113 Å². The van der Waals surface area contributed by atoms with Gasteiger partial charge in [-0.1, -0.05) is 60.7 Å². The average molecular weight is 495 g/mol. The zero-order chi connectivity index (χ0) is 25.9. The van der Waals surface area contributed by atoms with Crippen molar-refractivity contribution in [3.63, 3.8) is 0 Å². The van der Waals surface area contributed by atoms with Gasteiger partial charge in [-0.05, 0) is 42.5 Å². The van der Waals surface area contributed by atoms with Gasteiger partial charge in [-0.25, -0.2) is 4.79 Å². The summed E-state index contributed by atoms with van der Waals surface area (Å²) in [6, 6.07) is 21.3. The first kappa shape index (κ1) is 24.1. The van der Waals surface area contributed by atoms with E-state index in [9.17, 15) is 19.5 Å². The van der Waals surface area contributed by atoms with Crippen molar-refractivity contribution >= 4 is 33.8 Å². The number of rotatable bonds is 8. The Labute approximate surface area is 212 Å². The summed E-state index contributed by atoms with van der Waals surface area (Å²) in [5.74, 6) is -1.85. The van der Waals surface area contributed by atoms with Gasteiger partial charge in [-0.2, -0.15) is 0 Å². The van der Waals surface area contributed by atoms with E-state index in [-0.39, 0.29) is 19.3 Å². The molecule has 37 heavy (non-hydrogen) atoms. The van der Waals surface area contributed by atoms with Crippen molar-refractivity contribution in [1.29, 1.82) is 0 Å². The highest BCUT2D eigenvalue weighted by molar-refractivity contribution is 6.02. The number of aryl methyl sites for hydroxylation is 1. The molecule has 186 valence electrons. The number of fused-ring (bicyclic) bond motifs is 2. The minimum absolute atomic E-state index is 0.0705. The summed E-state index contributed by atoms with van der Waals surface area (Å²) >= 11 is 0. The molecule has 0 spiro atoms.